The molecule has 2 N–H and O–H groups in total. The van der Waals surface area contributed by atoms with Crippen molar-refractivity contribution in [3.63, 3.8) is 0 Å². The molecule has 0 bridgehead atoms. The molecule has 2 aromatic carbocycles. The number of hydrogen-bond donors (Lipinski definition) is 2. The minimum absolute atomic E-state index is 0.178. The highest BCUT2D eigenvalue weighted by Gasteiger charge is 2.18. The second-order valence-electron chi connectivity index (χ2n) is 4.86. The van der Waals surface area contributed by atoms with Crippen molar-refractivity contribution in [1.82, 2.24) is 9.97 Å². The van der Waals surface area contributed by atoms with Crippen LogP contribution in [0.15, 0.2) is 59.5 Å². The van der Waals surface area contributed by atoms with Crippen LogP contribution in [0.25, 0.3) is 11.0 Å². The molecule has 0 aliphatic heterocycles. The van der Waals surface area contributed by atoms with E-state index in [4.69, 9.17) is 0 Å². The lowest BCUT2D eigenvalue weighted by molar-refractivity contribution is 0.601. The first-order valence-corrected chi connectivity index (χ1v) is 8.67. The summed E-state index contributed by atoms with van der Waals surface area (Å²) < 4.78 is 27.5. The van der Waals surface area contributed by atoms with Crippen molar-refractivity contribution in [2.45, 2.75) is 11.8 Å². The Labute approximate surface area is 134 Å². The quantitative estimate of drug-likeness (QED) is 0.752. The molecule has 0 aliphatic rings. The van der Waals surface area contributed by atoms with Crippen LogP contribution in [0.3, 0.4) is 0 Å². The molecule has 23 heavy (non-hydrogen) atoms. The van der Waals surface area contributed by atoms with E-state index in [1.165, 1.54) is 12.1 Å². The second-order valence-corrected chi connectivity index (χ2v) is 6.54. The fraction of sp³-hybridized carbons (Fsp3) is 0.125. The molecule has 0 fully saturated rings. The summed E-state index contributed by atoms with van der Waals surface area (Å²) in [5, 5.41) is 3.04. The third-order valence-corrected chi connectivity index (χ3v) is 4.55. The molecule has 0 aliphatic carbocycles. The summed E-state index contributed by atoms with van der Waals surface area (Å²) in [4.78, 5) is 9.01. The molecule has 118 valence electrons. The Kier molecular flexibility index (Phi) is 4.12. The minimum atomic E-state index is -3.72. The van der Waals surface area contributed by atoms with Crippen molar-refractivity contribution >= 4 is 32.7 Å². The summed E-state index contributed by atoms with van der Waals surface area (Å²) >= 11 is 0. The number of anilines is 2. The van der Waals surface area contributed by atoms with E-state index in [9.17, 15) is 8.42 Å². The SMILES string of the molecule is CCNc1nc2ccccc2nc1NS(=O)(=O)c1ccccc1. The molecule has 1 aromatic heterocycles. The first-order chi connectivity index (χ1) is 11.1. The lowest BCUT2D eigenvalue weighted by Gasteiger charge is -2.12. The Balaban J connectivity index is 2.06. The van der Waals surface area contributed by atoms with Crippen LogP contribution >= 0.6 is 0 Å². The molecule has 0 spiro atoms. The second kappa shape index (κ2) is 6.21. The lowest BCUT2D eigenvalue weighted by atomic mass is 10.3. The zero-order valence-electron chi connectivity index (χ0n) is 12.5. The van der Waals surface area contributed by atoms with Gasteiger partial charge in [0.1, 0.15) is 0 Å². The van der Waals surface area contributed by atoms with Crippen LogP contribution in [0.4, 0.5) is 11.6 Å². The summed E-state index contributed by atoms with van der Waals surface area (Å²) in [5.74, 6) is 0.597. The maximum atomic E-state index is 12.5. The van der Waals surface area contributed by atoms with Gasteiger partial charge in [-0.15, -0.1) is 0 Å². The summed E-state index contributed by atoms with van der Waals surface area (Å²) in [5.41, 5.74) is 1.33. The standard InChI is InChI=1S/C16H16N4O2S/c1-2-17-15-16(19-14-11-7-6-10-13(14)18-15)20-23(21,22)12-8-4-3-5-9-12/h3-11H,2H2,1H3,(H,17,18)(H,19,20). The van der Waals surface area contributed by atoms with Gasteiger partial charge in [-0.25, -0.2) is 18.4 Å². The third-order valence-electron chi connectivity index (χ3n) is 3.20. The molecule has 0 radical (unpaired) electrons. The van der Waals surface area contributed by atoms with Gasteiger partial charge in [-0.05, 0) is 31.2 Å². The number of hydrogen-bond acceptors (Lipinski definition) is 5. The number of fused-ring (bicyclic) bond motifs is 1. The van der Waals surface area contributed by atoms with Gasteiger partial charge in [0, 0.05) is 6.54 Å². The number of sulfonamides is 1. The Morgan fingerprint density at radius 2 is 1.43 bits per heavy atom. The first-order valence-electron chi connectivity index (χ1n) is 7.18. The van der Waals surface area contributed by atoms with Crippen molar-refractivity contribution < 1.29 is 8.42 Å². The molecular formula is C16H16N4O2S. The molecule has 7 heteroatoms. The van der Waals surface area contributed by atoms with Crippen molar-refractivity contribution in [2.24, 2.45) is 0 Å². The average molecular weight is 328 g/mol. The zero-order valence-corrected chi connectivity index (χ0v) is 13.3. The van der Waals surface area contributed by atoms with E-state index in [1.54, 1.807) is 24.3 Å². The molecule has 3 aromatic rings. The van der Waals surface area contributed by atoms with E-state index in [1.807, 2.05) is 25.1 Å². The fourth-order valence-corrected chi connectivity index (χ4v) is 3.18. The minimum Gasteiger partial charge on any atom is -0.367 e. The molecule has 0 saturated heterocycles. The van der Waals surface area contributed by atoms with E-state index in [-0.39, 0.29) is 10.7 Å². The first kappa shape index (κ1) is 15.2. The number of aromatic nitrogens is 2. The summed E-state index contributed by atoms with van der Waals surface area (Å²) in [7, 11) is -3.72. The largest absolute Gasteiger partial charge is 0.367 e. The van der Waals surface area contributed by atoms with Crippen LogP contribution in [0.5, 0.6) is 0 Å². The van der Waals surface area contributed by atoms with E-state index in [0.717, 1.165) is 0 Å². The highest BCUT2D eigenvalue weighted by atomic mass is 32.2. The number of rotatable bonds is 5. The van der Waals surface area contributed by atoms with Gasteiger partial charge in [-0.1, -0.05) is 30.3 Å². The maximum Gasteiger partial charge on any atom is 0.263 e. The smallest absolute Gasteiger partial charge is 0.263 e. The predicted octanol–water partition coefficient (Wildman–Crippen LogP) is 2.86. The molecule has 0 atom stereocenters. The Hall–Kier alpha value is -2.67. The molecule has 6 nitrogen and oxygen atoms in total. The zero-order chi connectivity index (χ0) is 16.3. The van der Waals surface area contributed by atoms with Crippen molar-refractivity contribution in [3.05, 3.63) is 54.6 Å². The third kappa shape index (κ3) is 3.24. The summed E-state index contributed by atoms with van der Waals surface area (Å²) in [6.07, 6.45) is 0. The van der Waals surface area contributed by atoms with Crippen LogP contribution in [-0.4, -0.2) is 24.9 Å². The Morgan fingerprint density at radius 3 is 2.04 bits per heavy atom. The molecule has 1 heterocycles. The van der Waals surface area contributed by atoms with Crippen LogP contribution in [0, 0.1) is 0 Å². The number of benzene rings is 2. The van der Waals surface area contributed by atoms with Crippen LogP contribution < -0.4 is 10.0 Å². The van der Waals surface area contributed by atoms with Crippen molar-refractivity contribution in [1.29, 1.82) is 0 Å². The van der Waals surface area contributed by atoms with E-state index >= 15 is 0 Å². The van der Waals surface area contributed by atoms with Crippen molar-refractivity contribution in [3.8, 4) is 0 Å². The lowest BCUT2D eigenvalue weighted by Crippen LogP contribution is -2.16. The highest BCUT2D eigenvalue weighted by Crippen LogP contribution is 2.23. The number of nitrogens with zero attached hydrogens (tertiary/aromatic N) is 2. The van der Waals surface area contributed by atoms with E-state index in [2.05, 4.69) is 20.0 Å². The van der Waals surface area contributed by atoms with Crippen LogP contribution in [-0.2, 0) is 10.0 Å². The van der Waals surface area contributed by atoms with Gasteiger partial charge in [0.2, 0.25) is 0 Å². The number of nitrogens with one attached hydrogen (secondary N) is 2. The Morgan fingerprint density at radius 1 is 0.870 bits per heavy atom. The van der Waals surface area contributed by atoms with Gasteiger partial charge >= 0.3 is 0 Å². The summed E-state index contributed by atoms with van der Waals surface area (Å²) in [6, 6.07) is 15.5. The van der Waals surface area contributed by atoms with Gasteiger partial charge < -0.3 is 5.32 Å². The van der Waals surface area contributed by atoms with E-state index < -0.39 is 10.0 Å². The number of para-hydroxylation sites is 2. The fourth-order valence-electron chi connectivity index (χ4n) is 2.15. The molecule has 0 saturated carbocycles. The van der Waals surface area contributed by atoms with Gasteiger partial charge in [0.05, 0.1) is 15.9 Å². The Bertz CT molecular complexity index is 927. The predicted molar refractivity (Wildman–Crippen MR) is 91.0 cm³/mol. The molecule has 3 rings (SSSR count). The highest BCUT2D eigenvalue weighted by molar-refractivity contribution is 7.92. The average Bonchev–Trinajstić information content (AvgIpc) is 2.56. The normalized spacial score (nSPS) is 11.3. The topological polar surface area (TPSA) is 84.0 Å². The van der Waals surface area contributed by atoms with Crippen molar-refractivity contribution in [2.75, 3.05) is 16.6 Å². The molecular weight excluding hydrogens is 312 g/mol. The van der Waals surface area contributed by atoms with Gasteiger partial charge in [0.15, 0.2) is 11.6 Å². The van der Waals surface area contributed by atoms with E-state index in [0.29, 0.717) is 23.4 Å². The monoisotopic (exact) mass is 328 g/mol. The van der Waals surface area contributed by atoms with Crippen LogP contribution in [0.1, 0.15) is 6.92 Å². The van der Waals surface area contributed by atoms with Gasteiger partial charge in [0.25, 0.3) is 10.0 Å². The summed E-state index contributed by atoms with van der Waals surface area (Å²) in [6.45, 7) is 2.51. The van der Waals surface area contributed by atoms with Gasteiger partial charge in [-0.2, -0.15) is 0 Å². The molecule has 0 unspecified atom stereocenters. The maximum absolute atomic E-state index is 12.5. The van der Waals surface area contributed by atoms with Gasteiger partial charge in [-0.3, -0.25) is 4.72 Å². The van der Waals surface area contributed by atoms with Crippen LogP contribution in [0.2, 0.25) is 0 Å². The molecule has 0 amide bonds.